The highest BCUT2D eigenvalue weighted by Gasteiger charge is 1.84. The first-order valence-electron chi connectivity index (χ1n) is 7.43. The van der Waals surface area contributed by atoms with Crippen LogP contribution in [-0.2, 0) is 0 Å². The van der Waals surface area contributed by atoms with Crippen LogP contribution in [0.4, 0.5) is 0 Å². The molecule has 0 heterocycles. The Morgan fingerprint density at radius 1 is 0.895 bits per heavy atom. The summed E-state index contributed by atoms with van der Waals surface area (Å²) in [6.45, 7) is 7.78. The Hall–Kier alpha value is 0.130. The van der Waals surface area contributed by atoms with Crippen molar-refractivity contribution in [2.75, 3.05) is 38.7 Å². The molecule has 0 amide bonds. The zero-order valence-corrected chi connectivity index (χ0v) is 13.6. The van der Waals surface area contributed by atoms with E-state index in [2.05, 4.69) is 19.2 Å². The third-order valence-electron chi connectivity index (χ3n) is 2.02. The summed E-state index contributed by atoms with van der Waals surface area (Å²) >= 11 is 5.27. The number of hydrogen-bond acceptors (Lipinski definition) is 4. The van der Waals surface area contributed by atoms with Crippen molar-refractivity contribution in [2.24, 2.45) is 5.73 Å². The predicted molar refractivity (Wildman–Crippen MR) is 85.9 cm³/mol. The van der Waals surface area contributed by atoms with Crippen LogP contribution in [0, 0.1) is 0 Å². The van der Waals surface area contributed by atoms with E-state index in [1.54, 1.807) is 0 Å². The maximum absolute atomic E-state index is 8.40. The van der Waals surface area contributed by atoms with Gasteiger partial charge in [0.05, 0.1) is 0 Å². The Kier molecular flexibility index (Phi) is 39.3. The zero-order valence-electron chi connectivity index (χ0n) is 12.8. The van der Waals surface area contributed by atoms with Gasteiger partial charge in [-0.1, -0.05) is 13.8 Å². The van der Waals surface area contributed by atoms with Crippen LogP contribution in [0.15, 0.2) is 0 Å². The lowest BCUT2D eigenvalue weighted by atomic mass is 10.3. The second-order valence-electron chi connectivity index (χ2n) is 4.09. The molecule has 0 spiro atoms. The van der Waals surface area contributed by atoms with Gasteiger partial charge in [-0.05, 0) is 58.2 Å². The quantitative estimate of drug-likeness (QED) is 0.368. The molecule has 0 saturated carbocycles. The van der Waals surface area contributed by atoms with Crippen molar-refractivity contribution in [3.63, 3.8) is 0 Å². The number of aliphatic hydroxyl groups excluding tert-OH is 2. The maximum Gasteiger partial charge on any atom is 0.0431 e. The highest BCUT2D eigenvalue weighted by atomic mass is 35.5. The molecule has 0 atom stereocenters. The number of alkyl halides is 1. The second kappa shape index (κ2) is 30.9. The molecule has 0 rings (SSSR count). The van der Waals surface area contributed by atoms with E-state index in [0.717, 1.165) is 51.7 Å². The van der Waals surface area contributed by atoms with Crippen LogP contribution in [0.5, 0.6) is 0 Å². The van der Waals surface area contributed by atoms with E-state index in [9.17, 15) is 0 Å². The number of nitrogens with one attached hydrogen (secondary N) is 1. The lowest BCUT2D eigenvalue weighted by Crippen LogP contribution is -2.15. The Morgan fingerprint density at radius 2 is 1.42 bits per heavy atom. The number of unbranched alkanes of at least 4 members (excludes halogenated alkanes) is 2. The van der Waals surface area contributed by atoms with E-state index in [1.165, 1.54) is 6.42 Å². The summed E-state index contributed by atoms with van der Waals surface area (Å²) in [5.41, 5.74) is 5.03. The fourth-order valence-electron chi connectivity index (χ4n) is 0.870. The summed E-state index contributed by atoms with van der Waals surface area (Å²) in [4.78, 5) is 0. The zero-order chi connectivity index (χ0) is 15.2. The molecule has 0 aromatic heterocycles. The SMILES string of the molecule is CCCN.CCCNCCCCO.OCCCCCl. The molecule has 0 unspecified atom stereocenters. The molecule has 0 bridgehead atoms. The van der Waals surface area contributed by atoms with E-state index < -0.39 is 0 Å². The Labute approximate surface area is 124 Å². The largest absolute Gasteiger partial charge is 0.396 e. The van der Waals surface area contributed by atoms with E-state index in [0.29, 0.717) is 12.5 Å². The summed E-state index contributed by atoms with van der Waals surface area (Å²) in [7, 11) is 0. The molecule has 0 aliphatic heterocycles. The minimum absolute atomic E-state index is 0.271. The highest BCUT2D eigenvalue weighted by Crippen LogP contribution is 1.87. The van der Waals surface area contributed by atoms with Crippen molar-refractivity contribution < 1.29 is 10.2 Å². The molecule has 0 aliphatic carbocycles. The van der Waals surface area contributed by atoms with Crippen molar-refractivity contribution >= 4 is 11.6 Å². The number of aliphatic hydroxyl groups is 2. The number of hydrogen-bond donors (Lipinski definition) is 4. The van der Waals surface area contributed by atoms with Gasteiger partial charge in [-0.25, -0.2) is 0 Å². The normalized spacial score (nSPS) is 9.16. The van der Waals surface area contributed by atoms with Gasteiger partial charge >= 0.3 is 0 Å². The van der Waals surface area contributed by atoms with E-state index >= 15 is 0 Å². The lowest BCUT2D eigenvalue weighted by molar-refractivity contribution is 0.283. The molecular weight excluding hydrogens is 264 g/mol. The fraction of sp³-hybridized carbons (Fsp3) is 1.00. The number of nitrogens with two attached hydrogens (primary N) is 1. The minimum Gasteiger partial charge on any atom is -0.396 e. The maximum atomic E-state index is 8.40. The first-order valence-corrected chi connectivity index (χ1v) is 7.96. The lowest BCUT2D eigenvalue weighted by Gasteiger charge is -1.99. The Bertz CT molecular complexity index is 108. The third-order valence-corrected chi connectivity index (χ3v) is 2.29. The van der Waals surface area contributed by atoms with Crippen LogP contribution in [0.25, 0.3) is 0 Å². The Balaban J connectivity index is -0.000000222. The smallest absolute Gasteiger partial charge is 0.0431 e. The topological polar surface area (TPSA) is 78.5 Å². The summed E-state index contributed by atoms with van der Waals surface area (Å²) in [5.74, 6) is 0.667. The van der Waals surface area contributed by atoms with Gasteiger partial charge in [-0.2, -0.15) is 0 Å². The molecule has 120 valence electrons. The molecule has 0 fully saturated rings. The van der Waals surface area contributed by atoms with Gasteiger partial charge in [-0.15, -0.1) is 11.6 Å². The van der Waals surface area contributed by atoms with Gasteiger partial charge in [0, 0.05) is 19.1 Å². The monoisotopic (exact) mass is 298 g/mol. The van der Waals surface area contributed by atoms with Crippen LogP contribution >= 0.6 is 11.6 Å². The minimum atomic E-state index is 0.271. The first-order chi connectivity index (χ1) is 9.24. The van der Waals surface area contributed by atoms with Crippen LogP contribution in [0.1, 0.15) is 52.4 Å². The van der Waals surface area contributed by atoms with E-state index in [4.69, 9.17) is 27.5 Å². The van der Waals surface area contributed by atoms with Crippen molar-refractivity contribution in [1.29, 1.82) is 0 Å². The molecular formula is C14H35ClN2O2. The van der Waals surface area contributed by atoms with Crippen LogP contribution in [0.3, 0.4) is 0 Å². The van der Waals surface area contributed by atoms with Gasteiger partial charge in [0.2, 0.25) is 0 Å². The van der Waals surface area contributed by atoms with Gasteiger partial charge in [0.1, 0.15) is 0 Å². The van der Waals surface area contributed by atoms with Crippen molar-refractivity contribution in [3.8, 4) is 0 Å². The van der Waals surface area contributed by atoms with Crippen LogP contribution in [0.2, 0.25) is 0 Å². The van der Waals surface area contributed by atoms with Gasteiger partial charge in [0.25, 0.3) is 0 Å². The second-order valence-corrected chi connectivity index (χ2v) is 4.47. The van der Waals surface area contributed by atoms with Crippen LogP contribution < -0.4 is 11.1 Å². The fourth-order valence-corrected chi connectivity index (χ4v) is 1.06. The molecule has 19 heavy (non-hydrogen) atoms. The molecule has 5 N–H and O–H groups in total. The summed E-state index contributed by atoms with van der Waals surface area (Å²) in [6, 6.07) is 0. The van der Waals surface area contributed by atoms with Gasteiger partial charge < -0.3 is 21.3 Å². The van der Waals surface area contributed by atoms with E-state index in [1.807, 2.05) is 0 Å². The highest BCUT2D eigenvalue weighted by molar-refractivity contribution is 6.17. The molecule has 0 aliphatic rings. The molecule has 0 saturated heterocycles. The Morgan fingerprint density at radius 3 is 1.74 bits per heavy atom. The van der Waals surface area contributed by atoms with Crippen molar-refractivity contribution in [1.82, 2.24) is 5.32 Å². The molecule has 4 nitrogen and oxygen atoms in total. The number of rotatable bonds is 10. The standard InChI is InChI=1S/C7H17NO.C4H9ClO.C3H9N/c1-2-5-8-6-3-4-7-9;5-3-1-2-4-6;1-2-3-4/h8-9H,2-7H2,1H3;6H,1-4H2;2-4H2,1H3. The summed E-state index contributed by atoms with van der Waals surface area (Å²) < 4.78 is 0. The predicted octanol–water partition coefficient (Wildman–Crippen LogP) is 2.11. The van der Waals surface area contributed by atoms with Gasteiger partial charge in [0.15, 0.2) is 0 Å². The third kappa shape index (κ3) is 46.0. The van der Waals surface area contributed by atoms with Crippen molar-refractivity contribution in [3.05, 3.63) is 0 Å². The average molecular weight is 299 g/mol. The molecule has 0 aromatic carbocycles. The molecule has 0 radical (unpaired) electrons. The van der Waals surface area contributed by atoms with Gasteiger partial charge in [-0.3, -0.25) is 0 Å². The van der Waals surface area contributed by atoms with E-state index in [-0.39, 0.29) is 6.61 Å². The summed E-state index contributed by atoms with van der Waals surface area (Å²) in [6.07, 6.45) is 6.08. The average Bonchev–Trinajstić information content (AvgIpc) is 2.46. The number of halogens is 1. The molecule has 0 aromatic rings. The van der Waals surface area contributed by atoms with Crippen molar-refractivity contribution in [2.45, 2.75) is 52.4 Å². The summed E-state index contributed by atoms with van der Waals surface area (Å²) in [5, 5.41) is 19.8. The first kappa shape index (κ1) is 24.2. The van der Waals surface area contributed by atoms with Crippen LogP contribution in [-0.4, -0.2) is 48.9 Å². The molecule has 5 heteroatoms.